The van der Waals surface area contributed by atoms with Crippen molar-refractivity contribution in [2.24, 2.45) is 5.73 Å². The molecule has 0 saturated carbocycles. The molecule has 1 aromatic heterocycles. The van der Waals surface area contributed by atoms with Crippen molar-refractivity contribution in [3.8, 4) is 5.75 Å². The van der Waals surface area contributed by atoms with E-state index in [0.717, 1.165) is 22.3 Å². The van der Waals surface area contributed by atoms with E-state index in [9.17, 15) is 0 Å². The second-order valence-corrected chi connectivity index (χ2v) is 2.91. The third kappa shape index (κ3) is 1.40. The van der Waals surface area contributed by atoms with E-state index in [-0.39, 0.29) is 0 Å². The van der Waals surface area contributed by atoms with Crippen LogP contribution in [0.15, 0.2) is 24.5 Å². The molecule has 2 aromatic rings. The molecule has 0 saturated heterocycles. The number of methoxy groups -OCH3 is 1. The van der Waals surface area contributed by atoms with E-state index >= 15 is 0 Å². The Bertz CT molecular complexity index is 456. The highest BCUT2D eigenvalue weighted by Crippen LogP contribution is 2.20. The number of benzene rings is 1. The minimum Gasteiger partial charge on any atom is -0.497 e. The standard InChI is InChI=1S/C10H11N3O/c1-14-7-2-3-8-9(4-7)12-6-13-10(8)5-11/h2-4,6H,5,11H2,1H3. The van der Waals surface area contributed by atoms with Gasteiger partial charge in [-0.15, -0.1) is 0 Å². The molecule has 4 heteroatoms. The van der Waals surface area contributed by atoms with Crippen LogP contribution >= 0.6 is 0 Å². The molecule has 14 heavy (non-hydrogen) atoms. The van der Waals surface area contributed by atoms with Gasteiger partial charge in [0.2, 0.25) is 0 Å². The van der Waals surface area contributed by atoms with Gasteiger partial charge in [-0.2, -0.15) is 0 Å². The van der Waals surface area contributed by atoms with E-state index in [1.807, 2.05) is 18.2 Å². The van der Waals surface area contributed by atoms with E-state index in [2.05, 4.69) is 9.97 Å². The van der Waals surface area contributed by atoms with Gasteiger partial charge in [-0.3, -0.25) is 0 Å². The average Bonchev–Trinajstić information content (AvgIpc) is 2.27. The third-order valence-electron chi connectivity index (χ3n) is 2.12. The Labute approximate surface area is 81.7 Å². The van der Waals surface area contributed by atoms with Gasteiger partial charge in [0, 0.05) is 18.0 Å². The first-order chi connectivity index (χ1) is 6.85. The first-order valence-electron chi connectivity index (χ1n) is 4.33. The van der Waals surface area contributed by atoms with Crippen LogP contribution in [0.2, 0.25) is 0 Å². The van der Waals surface area contributed by atoms with Crippen molar-refractivity contribution >= 4 is 10.9 Å². The topological polar surface area (TPSA) is 61.0 Å². The number of rotatable bonds is 2. The molecule has 2 N–H and O–H groups in total. The van der Waals surface area contributed by atoms with Crippen LogP contribution in [0.5, 0.6) is 5.75 Å². The van der Waals surface area contributed by atoms with Gasteiger partial charge < -0.3 is 10.5 Å². The number of hydrogen-bond donors (Lipinski definition) is 1. The molecule has 2 rings (SSSR count). The Morgan fingerprint density at radius 3 is 2.93 bits per heavy atom. The van der Waals surface area contributed by atoms with E-state index < -0.39 is 0 Å². The minimum atomic E-state index is 0.422. The van der Waals surface area contributed by atoms with Gasteiger partial charge in [0.05, 0.1) is 18.3 Å². The van der Waals surface area contributed by atoms with Gasteiger partial charge in [-0.1, -0.05) is 0 Å². The monoisotopic (exact) mass is 189 g/mol. The Hall–Kier alpha value is -1.68. The van der Waals surface area contributed by atoms with E-state index in [0.29, 0.717) is 6.54 Å². The predicted octanol–water partition coefficient (Wildman–Crippen LogP) is 1.10. The highest BCUT2D eigenvalue weighted by molar-refractivity contribution is 5.81. The quantitative estimate of drug-likeness (QED) is 0.768. The summed E-state index contributed by atoms with van der Waals surface area (Å²) in [5.74, 6) is 0.791. The lowest BCUT2D eigenvalue weighted by Crippen LogP contribution is -2.01. The van der Waals surface area contributed by atoms with Gasteiger partial charge in [0.25, 0.3) is 0 Å². The molecule has 0 aliphatic rings. The smallest absolute Gasteiger partial charge is 0.121 e. The molecule has 0 atom stereocenters. The summed E-state index contributed by atoms with van der Waals surface area (Å²) in [6.07, 6.45) is 1.52. The molecule has 0 bridgehead atoms. The molecule has 0 fully saturated rings. The Morgan fingerprint density at radius 1 is 1.36 bits per heavy atom. The highest BCUT2D eigenvalue weighted by atomic mass is 16.5. The van der Waals surface area contributed by atoms with Crippen molar-refractivity contribution in [3.63, 3.8) is 0 Å². The lowest BCUT2D eigenvalue weighted by Gasteiger charge is -2.04. The maximum atomic E-state index is 5.56. The summed E-state index contributed by atoms with van der Waals surface area (Å²) in [5, 5.41) is 0.982. The number of nitrogens with two attached hydrogens (primary N) is 1. The number of aromatic nitrogens is 2. The fourth-order valence-electron chi connectivity index (χ4n) is 1.38. The fourth-order valence-corrected chi connectivity index (χ4v) is 1.38. The Balaban J connectivity index is 2.67. The normalized spacial score (nSPS) is 10.4. The van der Waals surface area contributed by atoms with Gasteiger partial charge >= 0.3 is 0 Å². The summed E-state index contributed by atoms with van der Waals surface area (Å²) in [5.41, 5.74) is 7.28. The number of hydrogen-bond acceptors (Lipinski definition) is 4. The summed E-state index contributed by atoms with van der Waals surface area (Å²) in [6.45, 7) is 0.422. The predicted molar refractivity (Wildman–Crippen MR) is 54.0 cm³/mol. The Kier molecular flexibility index (Phi) is 2.28. The molecule has 1 heterocycles. The summed E-state index contributed by atoms with van der Waals surface area (Å²) in [6, 6.07) is 5.68. The number of nitrogens with zero attached hydrogens (tertiary/aromatic N) is 2. The summed E-state index contributed by atoms with van der Waals surface area (Å²) < 4.78 is 5.10. The Morgan fingerprint density at radius 2 is 2.21 bits per heavy atom. The van der Waals surface area contributed by atoms with Crippen LogP contribution in [0.4, 0.5) is 0 Å². The van der Waals surface area contributed by atoms with E-state index in [4.69, 9.17) is 10.5 Å². The number of fused-ring (bicyclic) bond motifs is 1. The second kappa shape index (κ2) is 3.59. The van der Waals surface area contributed by atoms with Crippen LogP contribution in [0.25, 0.3) is 10.9 Å². The van der Waals surface area contributed by atoms with E-state index in [1.54, 1.807) is 7.11 Å². The molecule has 0 unspecified atom stereocenters. The van der Waals surface area contributed by atoms with Crippen LogP contribution in [-0.2, 0) is 6.54 Å². The van der Waals surface area contributed by atoms with Crippen molar-refractivity contribution in [3.05, 3.63) is 30.2 Å². The lowest BCUT2D eigenvalue weighted by molar-refractivity contribution is 0.415. The fraction of sp³-hybridized carbons (Fsp3) is 0.200. The first kappa shape index (κ1) is 8.90. The zero-order valence-corrected chi connectivity index (χ0v) is 7.90. The number of ether oxygens (including phenoxy) is 1. The van der Waals surface area contributed by atoms with Crippen molar-refractivity contribution in [1.82, 2.24) is 9.97 Å². The molecule has 4 nitrogen and oxygen atoms in total. The minimum absolute atomic E-state index is 0.422. The first-order valence-corrected chi connectivity index (χ1v) is 4.33. The molecule has 0 aliphatic carbocycles. The van der Waals surface area contributed by atoms with Crippen LogP contribution in [0.3, 0.4) is 0 Å². The molecule has 72 valence electrons. The van der Waals surface area contributed by atoms with Crippen LogP contribution in [-0.4, -0.2) is 17.1 Å². The maximum absolute atomic E-state index is 5.56. The van der Waals surface area contributed by atoms with Gasteiger partial charge in [-0.25, -0.2) is 9.97 Å². The largest absolute Gasteiger partial charge is 0.497 e. The highest BCUT2D eigenvalue weighted by Gasteiger charge is 2.02. The third-order valence-corrected chi connectivity index (χ3v) is 2.12. The van der Waals surface area contributed by atoms with Crippen LogP contribution in [0.1, 0.15) is 5.69 Å². The van der Waals surface area contributed by atoms with Crippen molar-refractivity contribution in [2.45, 2.75) is 6.54 Å². The summed E-state index contributed by atoms with van der Waals surface area (Å²) in [4.78, 5) is 8.26. The molecular weight excluding hydrogens is 178 g/mol. The zero-order chi connectivity index (χ0) is 9.97. The van der Waals surface area contributed by atoms with E-state index in [1.165, 1.54) is 6.33 Å². The molecule has 0 spiro atoms. The van der Waals surface area contributed by atoms with Crippen LogP contribution < -0.4 is 10.5 Å². The molecule has 0 amide bonds. The zero-order valence-electron chi connectivity index (χ0n) is 7.90. The molecule has 1 aromatic carbocycles. The molecular formula is C10H11N3O. The second-order valence-electron chi connectivity index (χ2n) is 2.91. The lowest BCUT2D eigenvalue weighted by atomic mass is 10.2. The molecule has 0 aliphatic heterocycles. The van der Waals surface area contributed by atoms with Gasteiger partial charge in [0.15, 0.2) is 0 Å². The summed E-state index contributed by atoms with van der Waals surface area (Å²) in [7, 11) is 1.63. The summed E-state index contributed by atoms with van der Waals surface area (Å²) >= 11 is 0. The van der Waals surface area contributed by atoms with Crippen molar-refractivity contribution < 1.29 is 4.74 Å². The van der Waals surface area contributed by atoms with Crippen molar-refractivity contribution in [2.75, 3.05) is 7.11 Å². The average molecular weight is 189 g/mol. The van der Waals surface area contributed by atoms with Crippen LogP contribution in [0, 0.1) is 0 Å². The van der Waals surface area contributed by atoms with Crippen molar-refractivity contribution in [1.29, 1.82) is 0 Å². The maximum Gasteiger partial charge on any atom is 0.121 e. The molecule has 0 radical (unpaired) electrons. The van der Waals surface area contributed by atoms with Gasteiger partial charge in [-0.05, 0) is 12.1 Å². The van der Waals surface area contributed by atoms with Gasteiger partial charge in [0.1, 0.15) is 12.1 Å². The SMILES string of the molecule is COc1ccc2c(CN)ncnc2c1.